The van der Waals surface area contributed by atoms with Crippen molar-refractivity contribution in [1.29, 1.82) is 0 Å². The first kappa shape index (κ1) is 15.5. The van der Waals surface area contributed by atoms with Crippen molar-refractivity contribution in [2.75, 3.05) is 6.61 Å². The molecule has 2 aromatic rings. The molecule has 1 atom stereocenters. The van der Waals surface area contributed by atoms with E-state index in [1.807, 2.05) is 24.5 Å². The number of hydrogen-bond donors (Lipinski definition) is 2. The van der Waals surface area contributed by atoms with Gasteiger partial charge in [-0.3, -0.25) is 0 Å². The van der Waals surface area contributed by atoms with E-state index in [4.69, 9.17) is 0 Å². The zero-order chi connectivity index (χ0) is 14.8. The highest BCUT2D eigenvalue weighted by atomic mass is 79.9. The van der Waals surface area contributed by atoms with Gasteiger partial charge in [0, 0.05) is 23.3 Å². The number of imidazole rings is 1. The number of aliphatic hydroxyl groups is 1. The van der Waals surface area contributed by atoms with Crippen molar-refractivity contribution in [3.05, 3.63) is 34.7 Å². The summed E-state index contributed by atoms with van der Waals surface area (Å²) < 4.78 is 3.08. The molecule has 0 aliphatic rings. The predicted octanol–water partition coefficient (Wildman–Crippen LogP) is 2.98. The van der Waals surface area contributed by atoms with Gasteiger partial charge < -0.3 is 14.8 Å². The van der Waals surface area contributed by atoms with Gasteiger partial charge in [0.2, 0.25) is 0 Å². The number of fused-ring (bicyclic) bond motifs is 1. The minimum Gasteiger partial charge on any atom is -0.395 e. The smallest absolute Gasteiger partial charge is 0.136 e. The first-order valence-corrected chi connectivity index (χ1v) is 7.64. The normalized spacial score (nSPS) is 13.8. The molecule has 0 amide bonds. The van der Waals surface area contributed by atoms with Gasteiger partial charge in [-0.05, 0) is 39.9 Å². The molecule has 0 fully saturated rings. The van der Waals surface area contributed by atoms with E-state index in [2.05, 4.69) is 51.4 Å². The molecule has 1 unspecified atom stereocenters. The maximum atomic E-state index is 9.48. The lowest BCUT2D eigenvalue weighted by atomic mass is 9.88. The van der Waals surface area contributed by atoms with Gasteiger partial charge in [0.05, 0.1) is 18.5 Å². The van der Waals surface area contributed by atoms with Gasteiger partial charge in [0.15, 0.2) is 0 Å². The molecule has 2 aromatic heterocycles. The minimum absolute atomic E-state index is 0.104. The number of nitrogens with one attached hydrogen (secondary N) is 1. The molecular weight excluding hydrogens is 318 g/mol. The number of pyridine rings is 1. The highest BCUT2D eigenvalue weighted by molar-refractivity contribution is 9.10. The molecule has 0 saturated heterocycles. The van der Waals surface area contributed by atoms with E-state index in [1.165, 1.54) is 0 Å². The molecular formula is C15H22BrN3O. The Morgan fingerprint density at radius 1 is 1.40 bits per heavy atom. The number of aromatic nitrogens is 2. The third-order valence-corrected chi connectivity index (χ3v) is 3.67. The van der Waals surface area contributed by atoms with Crippen LogP contribution in [0.1, 0.15) is 32.9 Å². The van der Waals surface area contributed by atoms with Crippen molar-refractivity contribution < 1.29 is 5.11 Å². The fourth-order valence-electron chi connectivity index (χ4n) is 2.33. The lowest BCUT2D eigenvalue weighted by Gasteiger charge is -2.25. The predicted molar refractivity (Wildman–Crippen MR) is 84.7 cm³/mol. The molecule has 2 rings (SSSR count). The van der Waals surface area contributed by atoms with Crippen LogP contribution in [0.3, 0.4) is 0 Å². The molecule has 0 spiro atoms. The molecule has 2 heterocycles. The molecule has 0 aromatic carbocycles. The van der Waals surface area contributed by atoms with Crippen LogP contribution < -0.4 is 5.32 Å². The molecule has 5 heteroatoms. The van der Waals surface area contributed by atoms with E-state index < -0.39 is 0 Å². The summed E-state index contributed by atoms with van der Waals surface area (Å²) in [6.45, 7) is 7.39. The van der Waals surface area contributed by atoms with Crippen molar-refractivity contribution in [3.8, 4) is 0 Å². The zero-order valence-corrected chi connectivity index (χ0v) is 13.8. The van der Waals surface area contributed by atoms with Crippen LogP contribution in [0.5, 0.6) is 0 Å². The molecule has 2 N–H and O–H groups in total. The van der Waals surface area contributed by atoms with Gasteiger partial charge in [-0.25, -0.2) is 4.98 Å². The monoisotopic (exact) mass is 339 g/mol. The Labute approximate surface area is 128 Å². The summed E-state index contributed by atoms with van der Waals surface area (Å²) in [4.78, 5) is 4.38. The summed E-state index contributed by atoms with van der Waals surface area (Å²) in [5.74, 6) is 0. The number of halogens is 1. The van der Waals surface area contributed by atoms with Crippen molar-refractivity contribution >= 4 is 21.6 Å². The number of hydrogen-bond acceptors (Lipinski definition) is 3. The average Bonchev–Trinajstić information content (AvgIpc) is 2.75. The number of nitrogens with zero attached hydrogens (tertiary/aromatic N) is 2. The summed E-state index contributed by atoms with van der Waals surface area (Å²) in [6, 6.07) is 4.06. The Hall–Kier alpha value is -0.910. The fourth-order valence-corrected chi connectivity index (χ4v) is 2.66. The van der Waals surface area contributed by atoms with Crippen molar-refractivity contribution in [1.82, 2.24) is 14.7 Å². The van der Waals surface area contributed by atoms with Gasteiger partial charge in [-0.1, -0.05) is 20.8 Å². The molecule has 0 bridgehead atoms. The zero-order valence-electron chi connectivity index (χ0n) is 12.2. The molecule has 0 aliphatic heterocycles. The molecule has 4 nitrogen and oxygen atoms in total. The molecule has 0 radical (unpaired) electrons. The standard InChI is InChI=1S/C15H22BrN3O/c1-15(2,3)6-12(10-20)17-7-13-8-18-14-5-4-11(16)9-19(13)14/h4-5,8-9,12,17,20H,6-7,10H2,1-3H3. The van der Waals surface area contributed by atoms with Gasteiger partial charge in [-0.2, -0.15) is 0 Å². The van der Waals surface area contributed by atoms with Gasteiger partial charge in [0.25, 0.3) is 0 Å². The second kappa shape index (κ2) is 6.24. The van der Waals surface area contributed by atoms with E-state index in [1.54, 1.807) is 0 Å². The maximum absolute atomic E-state index is 9.48. The first-order valence-electron chi connectivity index (χ1n) is 6.85. The summed E-state index contributed by atoms with van der Waals surface area (Å²) in [5.41, 5.74) is 2.22. The number of rotatable bonds is 5. The van der Waals surface area contributed by atoms with Gasteiger partial charge in [0.1, 0.15) is 5.65 Å². The van der Waals surface area contributed by atoms with E-state index in [0.29, 0.717) is 6.54 Å². The van der Waals surface area contributed by atoms with E-state index in [0.717, 1.165) is 22.2 Å². The highest BCUT2D eigenvalue weighted by Crippen LogP contribution is 2.21. The maximum Gasteiger partial charge on any atom is 0.136 e. The van der Waals surface area contributed by atoms with E-state index in [9.17, 15) is 5.11 Å². The second-order valence-corrected chi connectivity index (χ2v) is 7.27. The third-order valence-electron chi connectivity index (χ3n) is 3.20. The van der Waals surface area contributed by atoms with Crippen LogP contribution in [0.15, 0.2) is 29.0 Å². The largest absolute Gasteiger partial charge is 0.395 e. The van der Waals surface area contributed by atoms with Crippen LogP contribution in [0.4, 0.5) is 0 Å². The summed E-state index contributed by atoms with van der Waals surface area (Å²) in [7, 11) is 0. The van der Waals surface area contributed by atoms with Crippen LogP contribution in [-0.4, -0.2) is 27.1 Å². The molecule has 20 heavy (non-hydrogen) atoms. The Morgan fingerprint density at radius 2 is 2.15 bits per heavy atom. The van der Waals surface area contributed by atoms with Crippen LogP contribution in [0, 0.1) is 5.41 Å². The van der Waals surface area contributed by atoms with Gasteiger partial charge in [-0.15, -0.1) is 0 Å². The highest BCUT2D eigenvalue weighted by Gasteiger charge is 2.18. The summed E-state index contributed by atoms with van der Waals surface area (Å²) >= 11 is 3.48. The fraction of sp³-hybridized carbons (Fsp3) is 0.533. The first-order chi connectivity index (χ1) is 9.39. The Morgan fingerprint density at radius 3 is 2.80 bits per heavy atom. The lowest BCUT2D eigenvalue weighted by molar-refractivity contribution is 0.197. The number of aliphatic hydroxyl groups excluding tert-OH is 1. The topological polar surface area (TPSA) is 49.6 Å². The van der Waals surface area contributed by atoms with Crippen molar-refractivity contribution in [2.24, 2.45) is 5.41 Å². The van der Waals surface area contributed by atoms with E-state index >= 15 is 0 Å². The van der Waals surface area contributed by atoms with Crippen molar-refractivity contribution in [3.63, 3.8) is 0 Å². The van der Waals surface area contributed by atoms with E-state index in [-0.39, 0.29) is 18.1 Å². The minimum atomic E-state index is 0.104. The van der Waals surface area contributed by atoms with Crippen LogP contribution in [-0.2, 0) is 6.54 Å². The van der Waals surface area contributed by atoms with Gasteiger partial charge >= 0.3 is 0 Å². The summed E-state index contributed by atoms with van der Waals surface area (Å²) in [5, 5.41) is 12.9. The van der Waals surface area contributed by atoms with Crippen LogP contribution >= 0.6 is 15.9 Å². The van der Waals surface area contributed by atoms with Crippen molar-refractivity contribution in [2.45, 2.75) is 39.8 Å². The summed E-state index contributed by atoms with van der Waals surface area (Å²) in [6.07, 6.45) is 4.82. The van der Waals surface area contributed by atoms with Crippen LogP contribution in [0.25, 0.3) is 5.65 Å². The average molecular weight is 340 g/mol. The Balaban J connectivity index is 2.06. The molecule has 110 valence electrons. The second-order valence-electron chi connectivity index (χ2n) is 6.35. The SMILES string of the molecule is CC(C)(C)CC(CO)NCc1cnc2ccc(Br)cn12. The lowest BCUT2D eigenvalue weighted by Crippen LogP contribution is -2.35. The third kappa shape index (κ3) is 4.04. The molecule has 0 aliphatic carbocycles. The molecule has 0 saturated carbocycles. The quantitative estimate of drug-likeness (QED) is 0.880. The Kier molecular flexibility index (Phi) is 4.83. The Bertz CT molecular complexity index is 574. The van der Waals surface area contributed by atoms with Crippen LogP contribution in [0.2, 0.25) is 0 Å².